The number of carbonyl (C=O) groups excluding carboxylic acids is 3. The number of esters is 1. The number of hydrogen-bond donors (Lipinski definition) is 1. The van der Waals surface area contributed by atoms with E-state index >= 15 is 0 Å². The highest BCUT2D eigenvalue weighted by Crippen LogP contribution is 2.30. The van der Waals surface area contributed by atoms with Crippen LogP contribution in [0.1, 0.15) is 34.3 Å². The molecule has 7 heteroatoms. The van der Waals surface area contributed by atoms with Gasteiger partial charge in [-0.1, -0.05) is 23.7 Å². The van der Waals surface area contributed by atoms with Crippen molar-refractivity contribution in [3.63, 3.8) is 0 Å². The van der Waals surface area contributed by atoms with E-state index in [-0.39, 0.29) is 11.5 Å². The monoisotopic (exact) mass is 400 g/mol. The molecule has 0 atom stereocenters. The van der Waals surface area contributed by atoms with Gasteiger partial charge in [0.1, 0.15) is 0 Å². The van der Waals surface area contributed by atoms with Crippen LogP contribution in [0.5, 0.6) is 0 Å². The normalized spacial score (nSPS) is 13.5. The number of ether oxygens (including phenoxy) is 1. The van der Waals surface area contributed by atoms with E-state index in [1.807, 2.05) is 26.0 Å². The molecule has 1 aliphatic heterocycles. The number of rotatable bonds is 5. The Bertz CT molecular complexity index is 942. The summed E-state index contributed by atoms with van der Waals surface area (Å²) in [6.45, 7) is 4.02. The molecule has 1 saturated heterocycles. The number of benzene rings is 2. The summed E-state index contributed by atoms with van der Waals surface area (Å²) >= 11 is 6.18. The SMILES string of the molecule is Cc1cccc(NC(=O)COC(=O)c2ccc(Cl)c(N3CCCC3=O)c2)c1C. The largest absolute Gasteiger partial charge is 0.452 e. The molecule has 1 aliphatic rings. The molecule has 1 heterocycles. The number of hydrogen-bond acceptors (Lipinski definition) is 4. The van der Waals surface area contributed by atoms with Gasteiger partial charge in [0.15, 0.2) is 6.61 Å². The molecule has 2 aromatic rings. The highest BCUT2D eigenvalue weighted by molar-refractivity contribution is 6.34. The number of aryl methyl sites for hydroxylation is 1. The molecule has 0 radical (unpaired) electrons. The first-order chi connectivity index (χ1) is 13.4. The first-order valence-corrected chi connectivity index (χ1v) is 9.37. The minimum absolute atomic E-state index is 0.0275. The molecule has 0 aromatic heterocycles. The lowest BCUT2D eigenvalue weighted by Crippen LogP contribution is -2.25. The molecule has 0 bridgehead atoms. The summed E-state index contributed by atoms with van der Waals surface area (Å²) in [7, 11) is 0. The van der Waals surface area contributed by atoms with E-state index in [0.29, 0.717) is 29.4 Å². The van der Waals surface area contributed by atoms with Gasteiger partial charge in [0.05, 0.1) is 16.3 Å². The van der Waals surface area contributed by atoms with Crippen LogP contribution in [0.15, 0.2) is 36.4 Å². The van der Waals surface area contributed by atoms with Gasteiger partial charge in [-0.2, -0.15) is 0 Å². The van der Waals surface area contributed by atoms with Crippen LogP contribution in [0.2, 0.25) is 5.02 Å². The number of carbonyl (C=O) groups is 3. The smallest absolute Gasteiger partial charge is 0.338 e. The highest BCUT2D eigenvalue weighted by Gasteiger charge is 2.24. The van der Waals surface area contributed by atoms with Crippen molar-refractivity contribution in [3.05, 3.63) is 58.1 Å². The van der Waals surface area contributed by atoms with Crippen molar-refractivity contribution in [2.75, 3.05) is 23.4 Å². The van der Waals surface area contributed by atoms with Crippen molar-refractivity contribution in [3.8, 4) is 0 Å². The molecule has 0 saturated carbocycles. The Hall–Kier alpha value is -2.86. The van der Waals surface area contributed by atoms with Gasteiger partial charge in [-0.15, -0.1) is 0 Å². The highest BCUT2D eigenvalue weighted by atomic mass is 35.5. The Morgan fingerprint density at radius 2 is 2.00 bits per heavy atom. The maximum Gasteiger partial charge on any atom is 0.338 e. The second kappa shape index (κ2) is 8.44. The van der Waals surface area contributed by atoms with E-state index in [9.17, 15) is 14.4 Å². The molecular formula is C21H21ClN2O4. The number of amides is 2. The van der Waals surface area contributed by atoms with E-state index in [1.165, 1.54) is 12.1 Å². The molecule has 0 spiro atoms. The summed E-state index contributed by atoms with van der Waals surface area (Å²) in [5.74, 6) is -1.10. The molecular weight excluding hydrogens is 380 g/mol. The molecule has 3 rings (SSSR count). The molecule has 6 nitrogen and oxygen atoms in total. The second-order valence-electron chi connectivity index (χ2n) is 6.69. The molecule has 28 heavy (non-hydrogen) atoms. The van der Waals surface area contributed by atoms with E-state index < -0.39 is 18.5 Å². The molecule has 2 aromatic carbocycles. The van der Waals surface area contributed by atoms with Crippen LogP contribution in [0.4, 0.5) is 11.4 Å². The fourth-order valence-electron chi connectivity index (χ4n) is 3.04. The second-order valence-corrected chi connectivity index (χ2v) is 7.09. The number of nitrogens with one attached hydrogen (secondary N) is 1. The Balaban J connectivity index is 1.64. The maximum atomic E-state index is 12.3. The zero-order valence-electron chi connectivity index (χ0n) is 15.8. The zero-order chi connectivity index (χ0) is 20.3. The third-order valence-electron chi connectivity index (χ3n) is 4.76. The van der Waals surface area contributed by atoms with Crippen molar-refractivity contribution in [2.45, 2.75) is 26.7 Å². The molecule has 2 amide bonds. The molecule has 0 aliphatic carbocycles. The van der Waals surface area contributed by atoms with Gasteiger partial charge in [-0.05, 0) is 55.7 Å². The Morgan fingerprint density at radius 3 is 2.71 bits per heavy atom. The fraction of sp³-hybridized carbons (Fsp3) is 0.286. The zero-order valence-corrected chi connectivity index (χ0v) is 16.5. The van der Waals surface area contributed by atoms with Crippen LogP contribution in [-0.4, -0.2) is 30.9 Å². The molecule has 1 fully saturated rings. The van der Waals surface area contributed by atoms with Crippen LogP contribution >= 0.6 is 11.6 Å². The van der Waals surface area contributed by atoms with Gasteiger partial charge in [0.25, 0.3) is 5.91 Å². The average molecular weight is 401 g/mol. The minimum atomic E-state index is -0.652. The number of halogens is 1. The van der Waals surface area contributed by atoms with Gasteiger partial charge in [0.2, 0.25) is 5.91 Å². The minimum Gasteiger partial charge on any atom is -0.452 e. The molecule has 0 unspecified atom stereocenters. The van der Waals surface area contributed by atoms with Gasteiger partial charge >= 0.3 is 5.97 Å². The van der Waals surface area contributed by atoms with Crippen LogP contribution in [0.3, 0.4) is 0 Å². The molecule has 146 valence electrons. The third-order valence-corrected chi connectivity index (χ3v) is 5.08. The van der Waals surface area contributed by atoms with E-state index in [0.717, 1.165) is 17.5 Å². The van der Waals surface area contributed by atoms with Crippen LogP contribution in [0.25, 0.3) is 0 Å². The first kappa shape index (κ1) is 19.9. The summed E-state index contributed by atoms with van der Waals surface area (Å²) in [5.41, 5.74) is 3.42. The average Bonchev–Trinajstić information content (AvgIpc) is 3.09. The third kappa shape index (κ3) is 4.34. The van der Waals surface area contributed by atoms with Gasteiger partial charge in [-0.3, -0.25) is 9.59 Å². The van der Waals surface area contributed by atoms with Crippen molar-refractivity contribution in [1.29, 1.82) is 0 Å². The molecule has 1 N–H and O–H groups in total. The van der Waals surface area contributed by atoms with Crippen molar-refractivity contribution < 1.29 is 19.1 Å². The standard InChI is InChI=1S/C21H21ClN2O4/c1-13-5-3-6-17(14(13)2)23-19(25)12-28-21(27)15-8-9-16(22)18(11-15)24-10-4-7-20(24)26/h3,5-6,8-9,11H,4,7,10,12H2,1-2H3,(H,23,25). The van der Waals surface area contributed by atoms with Crippen molar-refractivity contribution in [2.24, 2.45) is 0 Å². The van der Waals surface area contributed by atoms with Crippen LogP contribution < -0.4 is 10.2 Å². The Kier molecular flexibility index (Phi) is 5.99. The van der Waals surface area contributed by atoms with Gasteiger partial charge in [0, 0.05) is 18.7 Å². The van der Waals surface area contributed by atoms with Crippen LogP contribution in [-0.2, 0) is 14.3 Å². The summed E-state index contributed by atoms with van der Waals surface area (Å²) in [6, 6.07) is 10.2. The van der Waals surface area contributed by atoms with E-state index in [2.05, 4.69) is 5.32 Å². The lowest BCUT2D eigenvalue weighted by Gasteiger charge is -2.18. The van der Waals surface area contributed by atoms with Crippen LogP contribution in [0, 0.1) is 13.8 Å². The summed E-state index contributed by atoms with van der Waals surface area (Å²) in [5, 5.41) is 3.13. The Labute approximate surface area is 168 Å². The first-order valence-electron chi connectivity index (χ1n) is 9.00. The van der Waals surface area contributed by atoms with E-state index in [4.69, 9.17) is 16.3 Å². The maximum absolute atomic E-state index is 12.3. The predicted octanol–water partition coefficient (Wildman–Crippen LogP) is 3.88. The van der Waals surface area contributed by atoms with E-state index in [1.54, 1.807) is 17.0 Å². The number of nitrogens with zero attached hydrogens (tertiary/aromatic N) is 1. The topological polar surface area (TPSA) is 75.7 Å². The summed E-state index contributed by atoms with van der Waals surface area (Å²) in [6.07, 6.45) is 1.21. The lowest BCUT2D eigenvalue weighted by atomic mass is 10.1. The van der Waals surface area contributed by atoms with Gasteiger partial charge in [-0.25, -0.2) is 4.79 Å². The summed E-state index contributed by atoms with van der Waals surface area (Å²) < 4.78 is 5.12. The van der Waals surface area contributed by atoms with Crippen molar-refractivity contribution >= 4 is 40.8 Å². The summed E-state index contributed by atoms with van der Waals surface area (Å²) in [4.78, 5) is 38.0. The fourth-order valence-corrected chi connectivity index (χ4v) is 3.26. The van der Waals surface area contributed by atoms with Gasteiger partial charge < -0.3 is 15.0 Å². The predicted molar refractivity (Wildman–Crippen MR) is 108 cm³/mol. The number of anilines is 2. The quantitative estimate of drug-likeness (QED) is 0.773. The lowest BCUT2D eigenvalue weighted by molar-refractivity contribution is -0.119. The van der Waals surface area contributed by atoms with Crippen molar-refractivity contribution in [1.82, 2.24) is 0 Å². The Morgan fingerprint density at radius 1 is 1.21 bits per heavy atom.